The van der Waals surface area contributed by atoms with Crippen LogP contribution < -0.4 is 5.32 Å². The molecule has 1 unspecified atom stereocenters. The molecule has 0 aliphatic rings. The van der Waals surface area contributed by atoms with Crippen LogP contribution in [0.25, 0.3) is 0 Å². The minimum atomic E-state index is 0.506. The SMILES string of the molecule is CCCC(COC)NCCCOC. The highest BCUT2D eigenvalue weighted by molar-refractivity contribution is 4.64. The number of methoxy groups -OCH3 is 2. The Morgan fingerprint density at radius 3 is 2.54 bits per heavy atom. The Balaban J connectivity index is 3.33. The summed E-state index contributed by atoms with van der Waals surface area (Å²) in [4.78, 5) is 0. The van der Waals surface area contributed by atoms with Crippen LogP contribution >= 0.6 is 0 Å². The van der Waals surface area contributed by atoms with Gasteiger partial charge in [0.05, 0.1) is 6.61 Å². The summed E-state index contributed by atoms with van der Waals surface area (Å²) in [6.45, 7) is 4.85. The molecule has 13 heavy (non-hydrogen) atoms. The summed E-state index contributed by atoms with van der Waals surface area (Å²) >= 11 is 0. The molecule has 1 atom stereocenters. The van der Waals surface area contributed by atoms with Crippen molar-refractivity contribution in [2.45, 2.75) is 32.2 Å². The Labute approximate surface area is 81.8 Å². The first-order valence-corrected chi connectivity index (χ1v) is 5.06. The van der Waals surface area contributed by atoms with Crippen LogP contribution in [-0.2, 0) is 9.47 Å². The van der Waals surface area contributed by atoms with E-state index in [1.165, 1.54) is 12.8 Å². The first-order valence-electron chi connectivity index (χ1n) is 5.06. The maximum atomic E-state index is 5.12. The molecule has 0 rings (SSSR count). The van der Waals surface area contributed by atoms with Gasteiger partial charge in [-0.1, -0.05) is 13.3 Å². The normalized spacial score (nSPS) is 13.2. The summed E-state index contributed by atoms with van der Waals surface area (Å²) in [5.74, 6) is 0. The summed E-state index contributed by atoms with van der Waals surface area (Å²) in [6, 6.07) is 0.506. The van der Waals surface area contributed by atoms with Gasteiger partial charge in [0.15, 0.2) is 0 Å². The molecular formula is C10H23NO2. The third-order valence-corrected chi connectivity index (χ3v) is 1.96. The van der Waals surface area contributed by atoms with E-state index in [1.54, 1.807) is 14.2 Å². The molecule has 3 nitrogen and oxygen atoms in total. The van der Waals surface area contributed by atoms with Gasteiger partial charge in [-0.2, -0.15) is 0 Å². The third-order valence-electron chi connectivity index (χ3n) is 1.96. The number of nitrogens with one attached hydrogen (secondary N) is 1. The molecule has 0 saturated heterocycles. The highest BCUT2D eigenvalue weighted by atomic mass is 16.5. The maximum Gasteiger partial charge on any atom is 0.0615 e. The zero-order valence-electron chi connectivity index (χ0n) is 9.14. The molecular weight excluding hydrogens is 166 g/mol. The van der Waals surface area contributed by atoms with E-state index >= 15 is 0 Å². The zero-order chi connectivity index (χ0) is 9.94. The summed E-state index contributed by atoms with van der Waals surface area (Å²) < 4.78 is 10.1. The van der Waals surface area contributed by atoms with Crippen molar-refractivity contribution in [2.75, 3.05) is 34.0 Å². The first kappa shape index (κ1) is 12.9. The average molecular weight is 189 g/mol. The van der Waals surface area contributed by atoms with Gasteiger partial charge in [0.1, 0.15) is 0 Å². The van der Waals surface area contributed by atoms with E-state index in [2.05, 4.69) is 12.2 Å². The summed E-state index contributed by atoms with van der Waals surface area (Å²) in [5, 5.41) is 3.45. The van der Waals surface area contributed by atoms with E-state index < -0.39 is 0 Å². The average Bonchev–Trinajstić information content (AvgIpc) is 2.13. The van der Waals surface area contributed by atoms with E-state index in [9.17, 15) is 0 Å². The zero-order valence-corrected chi connectivity index (χ0v) is 9.14. The van der Waals surface area contributed by atoms with Gasteiger partial charge in [-0.05, 0) is 19.4 Å². The lowest BCUT2D eigenvalue weighted by atomic mass is 10.2. The fraction of sp³-hybridized carbons (Fsp3) is 1.00. The van der Waals surface area contributed by atoms with E-state index in [-0.39, 0.29) is 0 Å². The quantitative estimate of drug-likeness (QED) is 0.557. The fourth-order valence-corrected chi connectivity index (χ4v) is 1.32. The Morgan fingerprint density at radius 2 is 2.00 bits per heavy atom. The Hall–Kier alpha value is -0.120. The molecule has 80 valence electrons. The molecule has 0 heterocycles. The number of rotatable bonds is 9. The largest absolute Gasteiger partial charge is 0.385 e. The van der Waals surface area contributed by atoms with Crippen molar-refractivity contribution in [3.05, 3.63) is 0 Å². The fourth-order valence-electron chi connectivity index (χ4n) is 1.32. The number of ether oxygens (including phenoxy) is 2. The van der Waals surface area contributed by atoms with Gasteiger partial charge in [0.2, 0.25) is 0 Å². The molecule has 0 radical (unpaired) electrons. The Bertz CT molecular complexity index is 92.9. The first-order chi connectivity index (χ1) is 6.35. The van der Waals surface area contributed by atoms with Gasteiger partial charge >= 0.3 is 0 Å². The van der Waals surface area contributed by atoms with Crippen LogP contribution in [0.4, 0.5) is 0 Å². The molecule has 3 heteroatoms. The number of hydrogen-bond acceptors (Lipinski definition) is 3. The van der Waals surface area contributed by atoms with E-state index in [4.69, 9.17) is 9.47 Å². The highest BCUT2D eigenvalue weighted by Gasteiger charge is 2.04. The highest BCUT2D eigenvalue weighted by Crippen LogP contribution is 1.96. The van der Waals surface area contributed by atoms with Crippen LogP contribution in [0.15, 0.2) is 0 Å². The molecule has 0 fully saturated rings. The summed E-state index contributed by atoms with van der Waals surface area (Å²) in [6.07, 6.45) is 3.45. The standard InChI is InChI=1S/C10H23NO2/c1-4-6-10(9-13-3)11-7-5-8-12-2/h10-11H,4-9H2,1-3H3. The lowest BCUT2D eigenvalue weighted by Gasteiger charge is -2.16. The van der Waals surface area contributed by atoms with Crippen molar-refractivity contribution < 1.29 is 9.47 Å². The molecule has 0 aromatic rings. The molecule has 0 spiro atoms. The molecule has 0 amide bonds. The van der Waals surface area contributed by atoms with Gasteiger partial charge in [-0.15, -0.1) is 0 Å². The van der Waals surface area contributed by atoms with E-state index in [0.717, 1.165) is 26.2 Å². The van der Waals surface area contributed by atoms with Gasteiger partial charge in [-0.25, -0.2) is 0 Å². The van der Waals surface area contributed by atoms with Crippen molar-refractivity contribution in [1.82, 2.24) is 5.32 Å². The molecule has 0 aromatic heterocycles. The second-order valence-electron chi connectivity index (χ2n) is 3.24. The molecule has 0 aliphatic heterocycles. The predicted octanol–water partition coefficient (Wildman–Crippen LogP) is 1.43. The molecule has 0 saturated carbocycles. The van der Waals surface area contributed by atoms with Crippen molar-refractivity contribution in [3.63, 3.8) is 0 Å². The monoisotopic (exact) mass is 189 g/mol. The Kier molecular flexibility index (Phi) is 9.87. The maximum absolute atomic E-state index is 5.12. The smallest absolute Gasteiger partial charge is 0.0615 e. The molecule has 0 bridgehead atoms. The topological polar surface area (TPSA) is 30.5 Å². The van der Waals surface area contributed by atoms with Gasteiger partial charge < -0.3 is 14.8 Å². The molecule has 0 aliphatic carbocycles. The Morgan fingerprint density at radius 1 is 1.23 bits per heavy atom. The summed E-state index contributed by atoms with van der Waals surface area (Å²) in [5.41, 5.74) is 0. The van der Waals surface area contributed by atoms with Crippen molar-refractivity contribution >= 4 is 0 Å². The van der Waals surface area contributed by atoms with Crippen LogP contribution in [0, 0.1) is 0 Å². The lowest BCUT2D eigenvalue weighted by molar-refractivity contribution is 0.156. The van der Waals surface area contributed by atoms with Crippen LogP contribution in [0.3, 0.4) is 0 Å². The number of hydrogen-bond donors (Lipinski definition) is 1. The van der Waals surface area contributed by atoms with Crippen molar-refractivity contribution in [2.24, 2.45) is 0 Å². The van der Waals surface area contributed by atoms with Crippen LogP contribution in [-0.4, -0.2) is 40.0 Å². The van der Waals surface area contributed by atoms with Crippen LogP contribution in [0.1, 0.15) is 26.2 Å². The van der Waals surface area contributed by atoms with Crippen molar-refractivity contribution in [3.8, 4) is 0 Å². The van der Waals surface area contributed by atoms with Crippen molar-refractivity contribution in [1.29, 1.82) is 0 Å². The van der Waals surface area contributed by atoms with E-state index in [1.807, 2.05) is 0 Å². The predicted molar refractivity (Wildman–Crippen MR) is 55.1 cm³/mol. The second kappa shape index (κ2) is 9.96. The lowest BCUT2D eigenvalue weighted by Crippen LogP contribution is -2.34. The van der Waals surface area contributed by atoms with Gasteiger partial charge in [-0.3, -0.25) is 0 Å². The molecule has 1 N–H and O–H groups in total. The van der Waals surface area contributed by atoms with Gasteiger partial charge in [0, 0.05) is 26.9 Å². The van der Waals surface area contributed by atoms with Crippen LogP contribution in [0.2, 0.25) is 0 Å². The van der Waals surface area contributed by atoms with Gasteiger partial charge in [0.25, 0.3) is 0 Å². The second-order valence-corrected chi connectivity index (χ2v) is 3.24. The minimum absolute atomic E-state index is 0.506. The minimum Gasteiger partial charge on any atom is -0.385 e. The van der Waals surface area contributed by atoms with E-state index in [0.29, 0.717) is 6.04 Å². The third kappa shape index (κ3) is 8.22. The molecule has 0 aromatic carbocycles. The van der Waals surface area contributed by atoms with Crippen LogP contribution in [0.5, 0.6) is 0 Å². The summed E-state index contributed by atoms with van der Waals surface area (Å²) in [7, 11) is 3.48.